The van der Waals surface area contributed by atoms with Crippen molar-refractivity contribution >= 4 is 12.6 Å². The molecule has 1 aromatic rings. The minimum Gasteiger partial charge on any atom is -0.492 e. The molecule has 1 aromatic heterocycles. The third-order valence-corrected chi connectivity index (χ3v) is 2.38. The maximum atomic E-state index is 11.5. The molecule has 0 fully saturated rings. The zero-order chi connectivity index (χ0) is 10.0. The second kappa shape index (κ2) is 3.91. The van der Waals surface area contributed by atoms with E-state index in [-0.39, 0.29) is 11.6 Å². The third-order valence-electron chi connectivity index (χ3n) is 1.94. The third kappa shape index (κ3) is 1.60. The summed E-state index contributed by atoms with van der Waals surface area (Å²) >= 11 is 4.08. The highest BCUT2D eigenvalue weighted by Crippen LogP contribution is 2.19. The van der Waals surface area contributed by atoms with E-state index >= 15 is 0 Å². The Kier molecular flexibility index (Phi) is 3.08. The number of hydrogen-bond donors (Lipinski definition) is 2. The molecule has 0 radical (unpaired) electrons. The van der Waals surface area contributed by atoms with Crippen LogP contribution in [0.1, 0.15) is 20.3 Å². The van der Waals surface area contributed by atoms with Gasteiger partial charge < -0.3 is 5.11 Å². The Hall–Kier alpha value is -0.840. The summed E-state index contributed by atoms with van der Waals surface area (Å²) in [5.74, 6) is -0.0377. The Morgan fingerprint density at radius 3 is 2.38 bits per heavy atom. The summed E-state index contributed by atoms with van der Waals surface area (Å²) in [5, 5.41) is 9.85. The molecule has 0 amide bonds. The molecule has 0 aliphatic heterocycles. The lowest BCUT2D eigenvalue weighted by Gasteiger charge is -1.97. The van der Waals surface area contributed by atoms with E-state index in [2.05, 4.69) is 12.6 Å². The van der Waals surface area contributed by atoms with Gasteiger partial charge in [-0.05, 0) is 13.3 Å². The first-order chi connectivity index (χ1) is 6.13. The highest BCUT2D eigenvalue weighted by atomic mass is 32.1. The summed E-state index contributed by atoms with van der Waals surface area (Å²) < 4.78 is 2.78. The van der Waals surface area contributed by atoms with Crippen molar-refractivity contribution in [3.05, 3.63) is 10.5 Å². The van der Waals surface area contributed by atoms with Gasteiger partial charge in [-0.1, -0.05) is 6.92 Å². The molecule has 1 heterocycles. The van der Waals surface area contributed by atoms with Gasteiger partial charge in [0.1, 0.15) is 5.03 Å². The van der Waals surface area contributed by atoms with Crippen molar-refractivity contribution in [1.82, 2.24) is 9.13 Å². The van der Waals surface area contributed by atoms with Gasteiger partial charge in [-0.2, -0.15) is 0 Å². The van der Waals surface area contributed by atoms with E-state index in [0.29, 0.717) is 18.1 Å². The number of nitrogens with zero attached hydrogens (tertiary/aromatic N) is 2. The average molecular weight is 202 g/mol. The molecule has 0 saturated carbocycles. The standard InChI is InChI=1S/C8H14N2O2S/c1-3-5-10-7(13)6(11)9(4-2)8(10)12/h11,13H,3-5H2,1-2H3. The predicted octanol–water partition coefficient (Wildman–Crippen LogP) is 1.07. The molecular weight excluding hydrogens is 188 g/mol. The van der Waals surface area contributed by atoms with E-state index in [9.17, 15) is 9.90 Å². The summed E-state index contributed by atoms with van der Waals surface area (Å²) in [6, 6.07) is 0. The molecular formula is C8H14N2O2S. The van der Waals surface area contributed by atoms with Gasteiger partial charge in [0, 0.05) is 13.1 Å². The summed E-state index contributed by atoms with van der Waals surface area (Å²) in [4.78, 5) is 11.5. The van der Waals surface area contributed by atoms with Crippen LogP contribution in [0.3, 0.4) is 0 Å². The fourth-order valence-electron chi connectivity index (χ4n) is 1.28. The van der Waals surface area contributed by atoms with E-state index in [1.165, 1.54) is 9.13 Å². The lowest BCUT2D eigenvalue weighted by Crippen LogP contribution is -2.23. The number of aromatic nitrogens is 2. The molecule has 1 N–H and O–H groups in total. The van der Waals surface area contributed by atoms with Gasteiger partial charge in [-0.15, -0.1) is 12.6 Å². The van der Waals surface area contributed by atoms with Crippen molar-refractivity contribution in [2.45, 2.75) is 38.4 Å². The molecule has 0 aliphatic carbocycles. The summed E-state index contributed by atoms with van der Waals surface area (Å²) in [6.45, 7) is 4.85. The zero-order valence-electron chi connectivity index (χ0n) is 7.82. The minimum absolute atomic E-state index is 0.0377. The van der Waals surface area contributed by atoms with Crippen LogP contribution >= 0.6 is 12.6 Å². The van der Waals surface area contributed by atoms with Gasteiger partial charge in [0.15, 0.2) is 0 Å². The van der Waals surface area contributed by atoms with Crippen molar-refractivity contribution in [3.63, 3.8) is 0 Å². The first-order valence-electron chi connectivity index (χ1n) is 4.34. The fraction of sp³-hybridized carbons (Fsp3) is 0.625. The highest BCUT2D eigenvalue weighted by Gasteiger charge is 2.14. The van der Waals surface area contributed by atoms with E-state index in [1.54, 1.807) is 0 Å². The molecule has 4 nitrogen and oxygen atoms in total. The van der Waals surface area contributed by atoms with Gasteiger partial charge in [0.2, 0.25) is 5.88 Å². The van der Waals surface area contributed by atoms with Gasteiger partial charge in [0.05, 0.1) is 0 Å². The molecule has 0 unspecified atom stereocenters. The Bertz CT molecular complexity index is 354. The van der Waals surface area contributed by atoms with Crippen molar-refractivity contribution in [2.75, 3.05) is 0 Å². The van der Waals surface area contributed by atoms with Crippen molar-refractivity contribution in [3.8, 4) is 5.88 Å². The molecule has 0 spiro atoms. The number of imidazole rings is 1. The molecule has 74 valence electrons. The normalized spacial score (nSPS) is 10.7. The van der Waals surface area contributed by atoms with E-state index in [0.717, 1.165) is 6.42 Å². The highest BCUT2D eigenvalue weighted by molar-refractivity contribution is 7.80. The SMILES string of the molecule is CCCn1c(S)c(O)n(CC)c1=O. The van der Waals surface area contributed by atoms with Crippen molar-refractivity contribution < 1.29 is 5.11 Å². The van der Waals surface area contributed by atoms with Crippen LogP contribution in [0.5, 0.6) is 5.88 Å². The van der Waals surface area contributed by atoms with Gasteiger partial charge >= 0.3 is 5.69 Å². The quantitative estimate of drug-likeness (QED) is 0.720. The molecule has 0 aromatic carbocycles. The van der Waals surface area contributed by atoms with E-state index in [1.807, 2.05) is 13.8 Å². The summed E-state index contributed by atoms with van der Waals surface area (Å²) in [5.41, 5.74) is -0.188. The monoisotopic (exact) mass is 202 g/mol. The van der Waals surface area contributed by atoms with Crippen LogP contribution in [0.4, 0.5) is 0 Å². The van der Waals surface area contributed by atoms with Crippen LogP contribution in [0.25, 0.3) is 0 Å². The molecule has 13 heavy (non-hydrogen) atoms. The van der Waals surface area contributed by atoms with Crippen LogP contribution in [0.2, 0.25) is 0 Å². The Morgan fingerprint density at radius 2 is 2.00 bits per heavy atom. The zero-order valence-corrected chi connectivity index (χ0v) is 8.71. The van der Waals surface area contributed by atoms with Crippen LogP contribution in [0.15, 0.2) is 9.82 Å². The summed E-state index contributed by atoms with van der Waals surface area (Å²) in [6.07, 6.45) is 0.848. The maximum Gasteiger partial charge on any atom is 0.331 e. The lowest BCUT2D eigenvalue weighted by molar-refractivity contribution is 0.406. The predicted molar refractivity (Wildman–Crippen MR) is 53.6 cm³/mol. The van der Waals surface area contributed by atoms with Crippen molar-refractivity contribution in [1.29, 1.82) is 0 Å². The minimum atomic E-state index is -0.188. The van der Waals surface area contributed by atoms with Gasteiger partial charge in [-0.3, -0.25) is 9.13 Å². The van der Waals surface area contributed by atoms with Crippen molar-refractivity contribution in [2.24, 2.45) is 0 Å². The number of aromatic hydroxyl groups is 1. The molecule has 5 heteroatoms. The number of thiol groups is 1. The van der Waals surface area contributed by atoms with Gasteiger partial charge in [-0.25, -0.2) is 4.79 Å². The Balaban J connectivity index is 3.28. The average Bonchev–Trinajstić information content (AvgIpc) is 2.31. The smallest absolute Gasteiger partial charge is 0.331 e. The van der Waals surface area contributed by atoms with Crippen LogP contribution in [-0.4, -0.2) is 14.2 Å². The lowest BCUT2D eigenvalue weighted by atomic mass is 10.5. The molecule has 0 bridgehead atoms. The molecule has 0 atom stereocenters. The number of hydrogen-bond acceptors (Lipinski definition) is 3. The Labute approximate surface area is 82.2 Å². The summed E-state index contributed by atoms with van der Waals surface area (Å²) in [7, 11) is 0. The molecule has 0 saturated heterocycles. The van der Waals surface area contributed by atoms with Crippen LogP contribution < -0.4 is 5.69 Å². The largest absolute Gasteiger partial charge is 0.492 e. The second-order valence-electron chi connectivity index (χ2n) is 2.83. The molecule has 1 rings (SSSR count). The van der Waals surface area contributed by atoms with E-state index in [4.69, 9.17) is 0 Å². The van der Waals surface area contributed by atoms with Crippen LogP contribution in [0, 0.1) is 0 Å². The van der Waals surface area contributed by atoms with E-state index < -0.39 is 0 Å². The first-order valence-corrected chi connectivity index (χ1v) is 4.79. The first kappa shape index (κ1) is 10.2. The Morgan fingerprint density at radius 1 is 1.38 bits per heavy atom. The number of rotatable bonds is 3. The van der Waals surface area contributed by atoms with Gasteiger partial charge in [0.25, 0.3) is 0 Å². The fourth-order valence-corrected chi connectivity index (χ4v) is 1.58. The second-order valence-corrected chi connectivity index (χ2v) is 3.25. The molecule has 0 aliphatic rings. The topological polar surface area (TPSA) is 47.2 Å². The van der Waals surface area contributed by atoms with Crippen LogP contribution in [-0.2, 0) is 13.1 Å². The maximum absolute atomic E-state index is 11.5.